The quantitative estimate of drug-likeness (QED) is 0.657. The molecule has 64 valence electrons. The van der Waals surface area contributed by atoms with Crippen molar-refractivity contribution in [3.8, 4) is 0 Å². The maximum Gasteiger partial charge on any atom is 0.123 e. The van der Waals surface area contributed by atoms with Gasteiger partial charge in [-0.05, 0) is 18.1 Å². The molecule has 0 aromatic heterocycles. The van der Waals surface area contributed by atoms with Crippen molar-refractivity contribution in [2.75, 3.05) is 0 Å². The zero-order valence-corrected chi connectivity index (χ0v) is 7.71. The van der Waals surface area contributed by atoms with E-state index in [9.17, 15) is 4.79 Å². The van der Waals surface area contributed by atoms with Gasteiger partial charge in [-0.25, -0.2) is 0 Å². The fourth-order valence-corrected chi connectivity index (χ4v) is 1.27. The molecule has 0 aliphatic heterocycles. The van der Waals surface area contributed by atoms with Crippen LogP contribution >= 0.6 is 11.6 Å². The van der Waals surface area contributed by atoms with Crippen LogP contribution in [0.2, 0.25) is 5.02 Å². The second-order valence-electron chi connectivity index (χ2n) is 2.91. The predicted molar refractivity (Wildman–Crippen MR) is 50.4 cm³/mol. The van der Waals surface area contributed by atoms with E-state index in [1.165, 1.54) is 0 Å². The first-order valence-electron chi connectivity index (χ1n) is 3.92. The van der Waals surface area contributed by atoms with Gasteiger partial charge < -0.3 is 4.79 Å². The van der Waals surface area contributed by atoms with E-state index in [-0.39, 0.29) is 5.92 Å². The number of aldehydes is 1. The summed E-state index contributed by atoms with van der Waals surface area (Å²) in [6.07, 6.45) is 1.67. The zero-order valence-electron chi connectivity index (χ0n) is 6.96. The molecule has 0 aliphatic carbocycles. The molecule has 0 amide bonds. The number of carbonyl (C=O) groups is 1. The molecule has 0 bridgehead atoms. The lowest BCUT2D eigenvalue weighted by atomic mass is 10.0. The Hall–Kier alpha value is -0.820. The third-order valence-corrected chi connectivity index (χ3v) is 2.10. The lowest BCUT2D eigenvalue weighted by Gasteiger charge is -2.04. The van der Waals surface area contributed by atoms with Gasteiger partial charge in [0.2, 0.25) is 0 Å². The average molecular weight is 183 g/mol. The molecule has 1 atom stereocenters. The van der Waals surface area contributed by atoms with Crippen LogP contribution in [-0.2, 0) is 11.2 Å². The molecule has 0 radical (unpaired) electrons. The van der Waals surface area contributed by atoms with Gasteiger partial charge >= 0.3 is 0 Å². The molecule has 1 aromatic carbocycles. The van der Waals surface area contributed by atoms with Gasteiger partial charge in [-0.1, -0.05) is 36.7 Å². The smallest absolute Gasteiger partial charge is 0.123 e. The van der Waals surface area contributed by atoms with Gasteiger partial charge in [-0.15, -0.1) is 0 Å². The molecule has 0 N–H and O–H groups in total. The first kappa shape index (κ1) is 9.27. The molecule has 1 nitrogen and oxygen atoms in total. The molecular formula is C10H11ClO. The van der Waals surface area contributed by atoms with Crippen molar-refractivity contribution < 1.29 is 4.79 Å². The van der Waals surface area contributed by atoms with E-state index in [2.05, 4.69) is 0 Å². The van der Waals surface area contributed by atoms with Gasteiger partial charge in [0.05, 0.1) is 0 Å². The molecule has 1 unspecified atom stereocenters. The minimum atomic E-state index is 0.0462. The summed E-state index contributed by atoms with van der Waals surface area (Å²) in [5.41, 5.74) is 1.04. The number of rotatable bonds is 3. The molecule has 2 heteroatoms. The highest BCUT2D eigenvalue weighted by atomic mass is 35.5. The van der Waals surface area contributed by atoms with E-state index in [0.717, 1.165) is 23.3 Å². The Balaban J connectivity index is 2.75. The van der Waals surface area contributed by atoms with E-state index in [0.29, 0.717) is 0 Å². The molecule has 0 saturated heterocycles. The molecular weight excluding hydrogens is 172 g/mol. The zero-order chi connectivity index (χ0) is 8.97. The highest BCUT2D eigenvalue weighted by Crippen LogP contribution is 2.17. The summed E-state index contributed by atoms with van der Waals surface area (Å²) < 4.78 is 0. The largest absolute Gasteiger partial charge is 0.303 e. The van der Waals surface area contributed by atoms with Crippen LogP contribution in [0.25, 0.3) is 0 Å². The van der Waals surface area contributed by atoms with E-state index < -0.39 is 0 Å². The molecule has 12 heavy (non-hydrogen) atoms. The summed E-state index contributed by atoms with van der Waals surface area (Å²) in [7, 11) is 0. The van der Waals surface area contributed by atoms with Crippen molar-refractivity contribution >= 4 is 17.9 Å². The van der Waals surface area contributed by atoms with Crippen molar-refractivity contribution in [1.82, 2.24) is 0 Å². The van der Waals surface area contributed by atoms with Crippen molar-refractivity contribution in [2.24, 2.45) is 5.92 Å². The fraction of sp³-hybridized carbons (Fsp3) is 0.300. The van der Waals surface area contributed by atoms with Crippen molar-refractivity contribution in [2.45, 2.75) is 13.3 Å². The van der Waals surface area contributed by atoms with Gasteiger partial charge in [-0.2, -0.15) is 0 Å². The summed E-state index contributed by atoms with van der Waals surface area (Å²) in [5, 5.41) is 0.742. The molecule has 1 aromatic rings. The second kappa shape index (κ2) is 4.27. The standard InChI is InChI=1S/C10H11ClO/c1-8(7-12)6-9-4-2-3-5-10(9)11/h2-5,7-8H,6H2,1H3. The van der Waals surface area contributed by atoms with Crippen LogP contribution in [0.1, 0.15) is 12.5 Å². The Kier molecular flexibility index (Phi) is 3.30. The first-order valence-corrected chi connectivity index (χ1v) is 4.30. The monoisotopic (exact) mass is 182 g/mol. The Labute approximate surface area is 77.4 Å². The van der Waals surface area contributed by atoms with Crippen LogP contribution in [0, 0.1) is 5.92 Å². The van der Waals surface area contributed by atoms with Crippen LogP contribution in [0.3, 0.4) is 0 Å². The predicted octanol–water partition coefficient (Wildman–Crippen LogP) is 2.72. The van der Waals surface area contributed by atoms with Crippen LogP contribution in [0.5, 0.6) is 0 Å². The van der Waals surface area contributed by atoms with Gasteiger partial charge in [0.25, 0.3) is 0 Å². The van der Waals surface area contributed by atoms with E-state index in [1.807, 2.05) is 31.2 Å². The number of halogens is 1. The molecule has 1 rings (SSSR count). The Bertz CT molecular complexity index is 270. The van der Waals surface area contributed by atoms with Gasteiger partial charge in [-0.3, -0.25) is 0 Å². The Morgan fingerprint density at radius 1 is 1.50 bits per heavy atom. The van der Waals surface area contributed by atoms with E-state index >= 15 is 0 Å². The summed E-state index contributed by atoms with van der Waals surface area (Å²) in [5.74, 6) is 0.0462. The fourth-order valence-electron chi connectivity index (χ4n) is 1.06. The van der Waals surface area contributed by atoms with E-state index in [4.69, 9.17) is 11.6 Å². The minimum absolute atomic E-state index is 0.0462. The van der Waals surface area contributed by atoms with Crippen molar-refractivity contribution in [1.29, 1.82) is 0 Å². The van der Waals surface area contributed by atoms with E-state index in [1.54, 1.807) is 0 Å². The highest BCUT2D eigenvalue weighted by molar-refractivity contribution is 6.31. The third-order valence-electron chi connectivity index (χ3n) is 1.73. The highest BCUT2D eigenvalue weighted by Gasteiger charge is 2.04. The van der Waals surface area contributed by atoms with Crippen LogP contribution < -0.4 is 0 Å². The number of carbonyl (C=O) groups excluding carboxylic acids is 1. The lowest BCUT2D eigenvalue weighted by molar-refractivity contribution is -0.110. The van der Waals surface area contributed by atoms with Crippen LogP contribution in [0.15, 0.2) is 24.3 Å². The summed E-state index contributed by atoms with van der Waals surface area (Å²) in [4.78, 5) is 10.4. The van der Waals surface area contributed by atoms with Crippen molar-refractivity contribution in [3.05, 3.63) is 34.9 Å². The molecule has 0 saturated carbocycles. The first-order chi connectivity index (χ1) is 5.74. The number of hydrogen-bond donors (Lipinski definition) is 0. The number of benzene rings is 1. The van der Waals surface area contributed by atoms with Crippen molar-refractivity contribution in [3.63, 3.8) is 0 Å². The van der Waals surface area contributed by atoms with Crippen LogP contribution in [0.4, 0.5) is 0 Å². The minimum Gasteiger partial charge on any atom is -0.303 e. The Morgan fingerprint density at radius 2 is 2.17 bits per heavy atom. The van der Waals surface area contributed by atoms with Gasteiger partial charge in [0, 0.05) is 10.9 Å². The maximum absolute atomic E-state index is 10.4. The third kappa shape index (κ3) is 2.35. The SMILES string of the molecule is CC(C=O)Cc1ccccc1Cl. The summed E-state index contributed by atoms with van der Waals surface area (Å²) in [6.45, 7) is 1.89. The topological polar surface area (TPSA) is 17.1 Å². The summed E-state index contributed by atoms with van der Waals surface area (Å²) >= 11 is 5.91. The normalized spacial score (nSPS) is 12.5. The maximum atomic E-state index is 10.4. The van der Waals surface area contributed by atoms with Crippen LogP contribution in [-0.4, -0.2) is 6.29 Å². The molecule has 0 heterocycles. The number of hydrogen-bond acceptors (Lipinski definition) is 1. The molecule has 0 spiro atoms. The molecule has 0 aliphatic rings. The summed E-state index contributed by atoms with van der Waals surface area (Å²) in [6, 6.07) is 7.60. The Morgan fingerprint density at radius 3 is 2.75 bits per heavy atom. The van der Waals surface area contributed by atoms with Gasteiger partial charge in [0.15, 0.2) is 0 Å². The molecule has 0 fully saturated rings. The van der Waals surface area contributed by atoms with Gasteiger partial charge in [0.1, 0.15) is 6.29 Å². The lowest BCUT2D eigenvalue weighted by Crippen LogP contribution is -2.00. The second-order valence-corrected chi connectivity index (χ2v) is 3.32. The average Bonchev–Trinajstić information content (AvgIpc) is 2.09.